The lowest BCUT2D eigenvalue weighted by Crippen LogP contribution is -2.28. The van der Waals surface area contributed by atoms with Crippen molar-refractivity contribution in [3.05, 3.63) is 65.7 Å². The van der Waals surface area contributed by atoms with E-state index in [0.717, 1.165) is 16.5 Å². The third-order valence-corrected chi connectivity index (χ3v) is 3.44. The van der Waals surface area contributed by atoms with E-state index in [0.29, 0.717) is 5.39 Å². The van der Waals surface area contributed by atoms with Crippen molar-refractivity contribution in [2.45, 2.75) is 6.04 Å². The van der Waals surface area contributed by atoms with Crippen LogP contribution < -0.4 is 11.3 Å². The van der Waals surface area contributed by atoms with E-state index >= 15 is 0 Å². The summed E-state index contributed by atoms with van der Waals surface area (Å²) in [4.78, 5) is 0. The minimum absolute atomic E-state index is 0.228. The first-order valence-corrected chi connectivity index (χ1v) is 6.32. The summed E-state index contributed by atoms with van der Waals surface area (Å²) >= 11 is 0. The van der Waals surface area contributed by atoms with Gasteiger partial charge in [-0.2, -0.15) is 5.10 Å². The van der Waals surface area contributed by atoms with Gasteiger partial charge in [0.1, 0.15) is 5.82 Å². The van der Waals surface area contributed by atoms with Gasteiger partial charge in [-0.3, -0.25) is 10.5 Å². The molecule has 0 saturated carbocycles. The Morgan fingerprint density at radius 3 is 2.60 bits per heavy atom. The first-order valence-electron chi connectivity index (χ1n) is 6.32. The second-order valence-corrected chi connectivity index (χ2v) is 4.73. The normalized spacial score (nSPS) is 12.8. The van der Waals surface area contributed by atoms with Crippen molar-refractivity contribution in [3.63, 3.8) is 0 Å². The Kier molecular flexibility index (Phi) is 3.22. The van der Waals surface area contributed by atoms with Gasteiger partial charge in [-0.25, -0.2) is 9.82 Å². The highest BCUT2D eigenvalue weighted by Crippen LogP contribution is 2.29. The molecule has 0 spiro atoms. The van der Waals surface area contributed by atoms with Crippen LogP contribution in [0.5, 0.6) is 0 Å². The maximum atomic E-state index is 13.9. The molecule has 0 aliphatic carbocycles. The number of hydrogen-bond acceptors (Lipinski definition) is 3. The summed E-state index contributed by atoms with van der Waals surface area (Å²) < 4.78 is 15.6. The molecule has 0 fully saturated rings. The molecule has 2 aromatic carbocycles. The van der Waals surface area contributed by atoms with E-state index in [9.17, 15) is 4.39 Å². The number of nitrogens with one attached hydrogen (secondary N) is 1. The fourth-order valence-corrected chi connectivity index (χ4v) is 2.49. The van der Waals surface area contributed by atoms with Crippen LogP contribution in [0, 0.1) is 5.82 Å². The van der Waals surface area contributed by atoms with Crippen molar-refractivity contribution in [1.29, 1.82) is 0 Å². The molecule has 20 heavy (non-hydrogen) atoms. The fourth-order valence-electron chi connectivity index (χ4n) is 2.49. The van der Waals surface area contributed by atoms with Gasteiger partial charge < -0.3 is 0 Å². The average Bonchev–Trinajstić information content (AvgIpc) is 2.89. The van der Waals surface area contributed by atoms with Gasteiger partial charge in [0.2, 0.25) is 0 Å². The van der Waals surface area contributed by atoms with Crippen LogP contribution in [-0.2, 0) is 7.05 Å². The number of hydrogen-bond donors (Lipinski definition) is 2. The Bertz CT molecular complexity index is 750. The topological polar surface area (TPSA) is 55.9 Å². The average molecular weight is 270 g/mol. The van der Waals surface area contributed by atoms with Crippen molar-refractivity contribution in [2.75, 3.05) is 0 Å². The van der Waals surface area contributed by atoms with Crippen molar-refractivity contribution >= 4 is 10.8 Å². The molecule has 102 valence electrons. The van der Waals surface area contributed by atoms with Crippen LogP contribution in [0.3, 0.4) is 0 Å². The summed E-state index contributed by atoms with van der Waals surface area (Å²) in [6.45, 7) is 0. The van der Waals surface area contributed by atoms with Crippen molar-refractivity contribution < 1.29 is 4.39 Å². The number of aromatic nitrogens is 2. The number of nitrogens with two attached hydrogens (primary N) is 1. The third-order valence-electron chi connectivity index (χ3n) is 3.44. The zero-order valence-electron chi connectivity index (χ0n) is 11.0. The molecule has 0 saturated heterocycles. The van der Waals surface area contributed by atoms with E-state index < -0.39 is 0 Å². The Morgan fingerprint density at radius 1 is 1.20 bits per heavy atom. The van der Waals surface area contributed by atoms with Crippen molar-refractivity contribution in [2.24, 2.45) is 12.9 Å². The lowest BCUT2D eigenvalue weighted by atomic mass is 9.95. The van der Waals surface area contributed by atoms with E-state index in [1.807, 2.05) is 31.4 Å². The Hall–Kier alpha value is -2.24. The van der Waals surface area contributed by atoms with Gasteiger partial charge in [-0.1, -0.05) is 30.3 Å². The molecular formula is C15H15FN4. The summed E-state index contributed by atoms with van der Waals surface area (Å²) in [6.07, 6.45) is 3.64. The number of benzene rings is 2. The minimum atomic E-state index is -0.230. The monoisotopic (exact) mass is 270 g/mol. The maximum Gasteiger partial charge on any atom is 0.131 e. The Labute approximate surface area is 116 Å². The number of aryl methyl sites for hydroxylation is 1. The van der Waals surface area contributed by atoms with Gasteiger partial charge in [0.05, 0.1) is 12.2 Å². The van der Waals surface area contributed by atoms with E-state index in [2.05, 4.69) is 10.5 Å². The second-order valence-electron chi connectivity index (χ2n) is 4.73. The quantitative estimate of drug-likeness (QED) is 0.567. The minimum Gasteiger partial charge on any atom is -0.275 e. The molecule has 3 aromatic rings. The molecule has 1 heterocycles. The van der Waals surface area contributed by atoms with E-state index in [4.69, 9.17) is 5.84 Å². The van der Waals surface area contributed by atoms with Crippen LogP contribution in [-0.4, -0.2) is 9.78 Å². The third kappa shape index (κ3) is 2.07. The molecule has 3 N–H and O–H groups in total. The van der Waals surface area contributed by atoms with Gasteiger partial charge in [-0.05, 0) is 17.0 Å². The second kappa shape index (κ2) is 5.03. The highest BCUT2D eigenvalue weighted by molar-refractivity contribution is 5.87. The fraction of sp³-hybridized carbons (Fsp3) is 0.133. The van der Waals surface area contributed by atoms with Gasteiger partial charge in [0.25, 0.3) is 0 Å². The first-order chi connectivity index (χ1) is 9.70. The van der Waals surface area contributed by atoms with Gasteiger partial charge >= 0.3 is 0 Å². The maximum absolute atomic E-state index is 13.9. The summed E-state index contributed by atoms with van der Waals surface area (Å²) in [5, 5.41) is 5.59. The van der Waals surface area contributed by atoms with E-state index in [1.165, 1.54) is 6.07 Å². The van der Waals surface area contributed by atoms with Crippen molar-refractivity contribution in [3.8, 4) is 0 Å². The molecule has 4 nitrogen and oxygen atoms in total. The van der Waals surface area contributed by atoms with Crippen LogP contribution in [0.1, 0.15) is 17.2 Å². The standard InChI is InChI=1S/C15H15FN4/c1-20-9-10(8-18-20)15(19-17)13-6-7-14(16)12-5-3-2-4-11(12)13/h2-9,15,19H,17H2,1H3. The molecule has 0 radical (unpaired) electrons. The molecule has 0 amide bonds. The van der Waals surface area contributed by atoms with E-state index in [1.54, 1.807) is 23.0 Å². The van der Waals surface area contributed by atoms with E-state index in [-0.39, 0.29) is 11.9 Å². The van der Waals surface area contributed by atoms with Crippen molar-refractivity contribution in [1.82, 2.24) is 15.2 Å². The molecule has 5 heteroatoms. The summed E-state index contributed by atoms with van der Waals surface area (Å²) in [7, 11) is 1.85. The number of fused-ring (bicyclic) bond motifs is 1. The molecule has 1 atom stereocenters. The molecule has 3 rings (SSSR count). The summed E-state index contributed by atoms with van der Waals surface area (Å²) in [5.41, 5.74) is 4.65. The summed E-state index contributed by atoms with van der Waals surface area (Å²) in [5.74, 6) is 5.46. The van der Waals surface area contributed by atoms with Crippen LogP contribution in [0.4, 0.5) is 4.39 Å². The lowest BCUT2D eigenvalue weighted by Gasteiger charge is -2.17. The smallest absolute Gasteiger partial charge is 0.131 e. The van der Waals surface area contributed by atoms with Crippen LogP contribution >= 0.6 is 0 Å². The molecule has 1 aromatic heterocycles. The molecule has 1 unspecified atom stereocenters. The summed E-state index contributed by atoms with van der Waals surface area (Å²) in [6, 6.07) is 10.4. The zero-order chi connectivity index (χ0) is 14.1. The predicted octanol–water partition coefficient (Wildman–Crippen LogP) is 2.27. The predicted molar refractivity (Wildman–Crippen MR) is 76.3 cm³/mol. The molecule has 0 aliphatic rings. The number of halogens is 1. The Morgan fingerprint density at radius 2 is 1.95 bits per heavy atom. The van der Waals surface area contributed by atoms with Crippen LogP contribution in [0.25, 0.3) is 10.8 Å². The number of hydrazine groups is 1. The van der Waals surface area contributed by atoms with Gasteiger partial charge in [0.15, 0.2) is 0 Å². The number of rotatable bonds is 3. The largest absolute Gasteiger partial charge is 0.275 e. The molecule has 0 bridgehead atoms. The zero-order valence-corrected chi connectivity index (χ0v) is 11.0. The molecule has 0 aliphatic heterocycles. The highest BCUT2D eigenvalue weighted by Gasteiger charge is 2.17. The SMILES string of the molecule is Cn1cc(C(NN)c2ccc(F)c3ccccc23)cn1. The first kappa shape index (κ1) is 12.8. The highest BCUT2D eigenvalue weighted by atomic mass is 19.1. The lowest BCUT2D eigenvalue weighted by molar-refractivity contribution is 0.627. The number of nitrogens with zero attached hydrogens (tertiary/aromatic N) is 2. The molecular weight excluding hydrogens is 255 g/mol. The van der Waals surface area contributed by atoms with Crippen LogP contribution in [0.2, 0.25) is 0 Å². The van der Waals surface area contributed by atoms with Gasteiger partial charge in [-0.15, -0.1) is 0 Å². The Balaban J connectivity index is 2.20. The van der Waals surface area contributed by atoms with Crippen LogP contribution in [0.15, 0.2) is 48.8 Å². The van der Waals surface area contributed by atoms with Gasteiger partial charge in [0, 0.05) is 24.2 Å².